The van der Waals surface area contributed by atoms with Gasteiger partial charge in [0.2, 0.25) is 15.7 Å². The fraction of sp³-hybridized carbons (Fsp3) is 0.267. The van der Waals surface area contributed by atoms with Gasteiger partial charge in [0.1, 0.15) is 4.21 Å². The summed E-state index contributed by atoms with van der Waals surface area (Å²) in [5.74, 6) is -0.576. The van der Waals surface area contributed by atoms with Crippen LogP contribution >= 0.6 is 23.7 Å². The molecule has 0 saturated carbocycles. The van der Waals surface area contributed by atoms with E-state index in [1.807, 2.05) is 0 Å². The van der Waals surface area contributed by atoms with Crippen molar-refractivity contribution in [3.8, 4) is 0 Å². The molecule has 0 atom stereocenters. The molecular formula is C15H19ClN2O5S3. The average Bonchev–Trinajstić information content (AvgIpc) is 3.04. The van der Waals surface area contributed by atoms with E-state index in [1.165, 1.54) is 37.3 Å². The number of hydrogen-bond donors (Lipinski definition) is 2. The Kier molecular flexibility index (Phi) is 7.78. The van der Waals surface area contributed by atoms with Gasteiger partial charge in [-0.15, -0.1) is 23.7 Å². The Bertz CT molecular complexity index is 967. The molecule has 0 aliphatic carbocycles. The van der Waals surface area contributed by atoms with Gasteiger partial charge in [0.05, 0.1) is 15.5 Å². The molecule has 0 unspecified atom stereocenters. The Balaban J connectivity index is 0.00000338. The fourth-order valence-electron chi connectivity index (χ4n) is 2.03. The summed E-state index contributed by atoms with van der Waals surface area (Å²) >= 11 is 1.09. The van der Waals surface area contributed by atoms with Crippen molar-refractivity contribution < 1.29 is 21.6 Å². The van der Waals surface area contributed by atoms with Crippen molar-refractivity contribution in [2.45, 2.75) is 27.5 Å². The van der Waals surface area contributed by atoms with Crippen LogP contribution in [0.5, 0.6) is 0 Å². The molecule has 0 bridgehead atoms. The monoisotopic (exact) mass is 438 g/mol. The molecule has 2 rings (SSSR count). The molecule has 144 valence electrons. The molecule has 0 aliphatic rings. The lowest BCUT2D eigenvalue weighted by Gasteiger charge is -2.07. The van der Waals surface area contributed by atoms with Gasteiger partial charge in [-0.3, -0.25) is 4.79 Å². The second kappa shape index (κ2) is 8.96. The molecule has 7 nitrogen and oxygen atoms in total. The molecule has 0 radical (unpaired) electrons. The summed E-state index contributed by atoms with van der Waals surface area (Å²) in [6.07, 6.45) is 0. The highest BCUT2D eigenvalue weighted by atomic mass is 35.5. The zero-order chi connectivity index (χ0) is 18.7. The Labute approximate surface area is 162 Å². The summed E-state index contributed by atoms with van der Waals surface area (Å²) in [5.41, 5.74) is 5.49. The van der Waals surface area contributed by atoms with E-state index in [0.717, 1.165) is 16.2 Å². The molecule has 2 aromatic rings. The van der Waals surface area contributed by atoms with Crippen LogP contribution in [0.25, 0.3) is 0 Å². The molecule has 0 fully saturated rings. The fourth-order valence-corrected chi connectivity index (χ4v) is 5.83. The largest absolute Gasteiger partial charge is 0.355 e. The Hall–Kier alpha value is -1.46. The van der Waals surface area contributed by atoms with Crippen LogP contribution in [0.3, 0.4) is 0 Å². The van der Waals surface area contributed by atoms with Crippen molar-refractivity contribution in [2.75, 3.05) is 12.3 Å². The molecule has 3 N–H and O–H groups in total. The molecule has 1 heterocycles. The van der Waals surface area contributed by atoms with Crippen molar-refractivity contribution in [2.24, 2.45) is 5.73 Å². The normalized spacial score (nSPS) is 11.6. The first-order chi connectivity index (χ1) is 11.7. The third-order valence-electron chi connectivity index (χ3n) is 3.34. The quantitative estimate of drug-likeness (QED) is 0.672. The van der Waals surface area contributed by atoms with Gasteiger partial charge in [0.15, 0.2) is 9.84 Å². The number of benzene rings is 1. The zero-order valence-corrected chi connectivity index (χ0v) is 17.1. The topological polar surface area (TPSA) is 123 Å². The summed E-state index contributed by atoms with van der Waals surface area (Å²) in [4.78, 5) is 11.6. The summed E-state index contributed by atoms with van der Waals surface area (Å²) in [7, 11) is -7.31. The molecule has 1 amide bonds. The van der Waals surface area contributed by atoms with Crippen LogP contribution in [-0.2, 0) is 31.0 Å². The van der Waals surface area contributed by atoms with Crippen molar-refractivity contribution in [1.29, 1.82) is 0 Å². The van der Waals surface area contributed by atoms with Crippen molar-refractivity contribution in [3.63, 3.8) is 0 Å². The lowest BCUT2D eigenvalue weighted by atomic mass is 10.4. The minimum Gasteiger partial charge on any atom is -0.355 e. The second-order valence-electron chi connectivity index (χ2n) is 5.20. The number of rotatable bonds is 7. The van der Waals surface area contributed by atoms with Gasteiger partial charge >= 0.3 is 0 Å². The van der Waals surface area contributed by atoms with Crippen LogP contribution in [0.1, 0.15) is 11.8 Å². The van der Waals surface area contributed by atoms with Gasteiger partial charge < -0.3 is 11.1 Å². The number of amides is 1. The number of nitrogens with two attached hydrogens (primary N) is 1. The van der Waals surface area contributed by atoms with Crippen LogP contribution < -0.4 is 11.1 Å². The molecule has 0 saturated heterocycles. The maximum absolute atomic E-state index is 12.5. The van der Waals surface area contributed by atoms with Crippen molar-refractivity contribution >= 4 is 49.3 Å². The van der Waals surface area contributed by atoms with Gasteiger partial charge in [-0.05, 0) is 36.4 Å². The molecule has 1 aromatic carbocycles. The first-order valence-corrected chi connectivity index (χ1v) is 11.2. The van der Waals surface area contributed by atoms with Gasteiger partial charge in [0.25, 0.3) is 0 Å². The predicted molar refractivity (Wildman–Crippen MR) is 102 cm³/mol. The van der Waals surface area contributed by atoms with Crippen LogP contribution in [0.2, 0.25) is 0 Å². The van der Waals surface area contributed by atoms with Crippen molar-refractivity contribution in [1.82, 2.24) is 5.32 Å². The summed E-state index contributed by atoms with van der Waals surface area (Å²) in [6, 6.07) is 8.18. The smallest absolute Gasteiger partial charge is 0.216 e. The molecule has 0 spiro atoms. The molecule has 0 aliphatic heterocycles. The minimum atomic E-state index is -3.71. The van der Waals surface area contributed by atoms with E-state index in [4.69, 9.17) is 5.73 Å². The second-order valence-corrected chi connectivity index (χ2v) is 10.7. The number of hydrogen-bond acceptors (Lipinski definition) is 7. The van der Waals surface area contributed by atoms with Gasteiger partial charge in [-0.1, -0.05) is 0 Å². The Morgan fingerprint density at radius 3 is 2.12 bits per heavy atom. The van der Waals surface area contributed by atoms with E-state index in [1.54, 1.807) is 6.07 Å². The number of nitrogens with one attached hydrogen (secondary N) is 1. The van der Waals surface area contributed by atoms with Gasteiger partial charge in [-0.2, -0.15) is 0 Å². The van der Waals surface area contributed by atoms with Crippen LogP contribution in [0.4, 0.5) is 0 Å². The van der Waals surface area contributed by atoms with Crippen LogP contribution in [0, 0.1) is 0 Å². The SMILES string of the molecule is CC(=O)NCCS(=O)(=O)c1ccc(S(=O)(=O)c2ccc(CN)s2)cc1.Cl. The first-order valence-electron chi connectivity index (χ1n) is 7.28. The van der Waals surface area contributed by atoms with E-state index >= 15 is 0 Å². The zero-order valence-electron chi connectivity index (χ0n) is 13.8. The van der Waals surface area contributed by atoms with E-state index in [0.29, 0.717) is 0 Å². The highest BCUT2D eigenvalue weighted by Crippen LogP contribution is 2.28. The van der Waals surface area contributed by atoms with Crippen LogP contribution in [0.15, 0.2) is 50.4 Å². The first kappa shape index (κ1) is 22.6. The predicted octanol–water partition coefficient (Wildman–Crippen LogP) is 1.37. The molecule has 11 heteroatoms. The maximum atomic E-state index is 12.5. The lowest BCUT2D eigenvalue weighted by Crippen LogP contribution is -2.26. The third kappa shape index (κ3) is 5.27. The number of sulfone groups is 2. The van der Waals surface area contributed by atoms with Crippen LogP contribution in [-0.4, -0.2) is 35.0 Å². The van der Waals surface area contributed by atoms with E-state index in [2.05, 4.69) is 5.32 Å². The summed E-state index contributed by atoms with van der Waals surface area (Å²) < 4.78 is 49.6. The van der Waals surface area contributed by atoms with E-state index in [9.17, 15) is 21.6 Å². The molecule has 26 heavy (non-hydrogen) atoms. The van der Waals surface area contributed by atoms with E-state index in [-0.39, 0.29) is 51.2 Å². The minimum absolute atomic E-state index is 0. The Morgan fingerprint density at radius 2 is 1.62 bits per heavy atom. The molecule has 1 aromatic heterocycles. The maximum Gasteiger partial charge on any atom is 0.216 e. The Morgan fingerprint density at radius 1 is 1.04 bits per heavy atom. The number of halogens is 1. The third-order valence-corrected chi connectivity index (χ3v) is 8.44. The van der Waals surface area contributed by atoms with Crippen molar-refractivity contribution in [3.05, 3.63) is 41.3 Å². The molecular weight excluding hydrogens is 420 g/mol. The standard InChI is InChI=1S/C15H18N2O5S3.ClH/c1-11(18)17-8-9-24(19,20)13-3-5-14(6-4-13)25(21,22)15-7-2-12(10-16)23-15;/h2-7H,8-10,16H2,1H3,(H,17,18);1H. The number of carbonyl (C=O) groups excluding carboxylic acids is 1. The van der Waals surface area contributed by atoms with E-state index < -0.39 is 19.7 Å². The average molecular weight is 439 g/mol. The number of carbonyl (C=O) groups is 1. The van der Waals surface area contributed by atoms with Gasteiger partial charge in [0, 0.05) is 24.9 Å². The number of thiophene rings is 1. The summed E-state index contributed by atoms with van der Waals surface area (Å²) in [5, 5.41) is 2.41. The highest BCUT2D eigenvalue weighted by molar-refractivity contribution is 7.93. The summed E-state index contributed by atoms with van der Waals surface area (Å²) in [6.45, 7) is 1.55. The van der Waals surface area contributed by atoms with Gasteiger partial charge in [-0.25, -0.2) is 16.8 Å². The lowest BCUT2D eigenvalue weighted by molar-refractivity contribution is -0.118. The highest BCUT2D eigenvalue weighted by Gasteiger charge is 2.21.